The van der Waals surface area contributed by atoms with E-state index in [1.165, 1.54) is 11.1 Å². The van der Waals surface area contributed by atoms with E-state index < -0.39 is 11.5 Å². The third kappa shape index (κ3) is 2.62. The van der Waals surface area contributed by atoms with Gasteiger partial charge in [0.25, 0.3) is 0 Å². The summed E-state index contributed by atoms with van der Waals surface area (Å²) in [5, 5.41) is 10.2. The normalized spacial score (nSPS) is 28.4. The monoisotopic (exact) mass is 358 g/mol. The van der Waals surface area contributed by atoms with Crippen molar-refractivity contribution in [1.82, 2.24) is 0 Å². The lowest BCUT2D eigenvalue weighted by Crippen LogP contribution is -2.45. The third-order valence-electron chi connectivity index (χ3n) is 4.07. The van der Waals surface area contributed by atoms with Gasteiger partial charge in [0.05, 0.1) is 11.5 Å². The standard InChI is InChI=1S/C15H19IO2/c1-15(13(17)7-4-8-14(15)18)9-11-5-2-3-6-12(11)10-16/h2-3,5-6,13,17H,4,7-10H2,1H3/t13-,15-/m0/s1. The molecule has 1 saturated carbocycles. The lowest BCUT2D eigenvalue weighted by molar-refractivity contribution is -0.138. The zero-order valence-corrected chi connectivity index (χ0v) is 12.8. The molecule has 0 saturated heterocycles. The predicted molar refractivity (Wildman–Crippen MR) is 80.8 cm³/mol. The molecule has 2 rings (SSSR count). The van der Waals surface area contributed by atoms with Gasteiger partial charge in [0.1, 0.15) is 5.78 Å². The number of rotatable bonds is 3. The summed E-state index contributed by atoms with van der Waals surface area (Å²) in [5.41, 5.74) is 1.87. The quantitative estimate of drug-likeness (QED) is 0.665. The van der Waals surface area contributed by atoms with E-state index in [0.717, 1.165) is 17.3 Å². The van der Waals surface area contributed by atoms with Crippen LogP contribution in [0.3, 0.4) is 0 Å². The highest BCUT2D eigenvalue weighted by Gasteiger charge is 2.42. The third-order valence-corrected chi connectivity index (χ3v) is 4.90. The summed E-state index contributed by atoms with van der Waals surface area (Å²) in [6.45, 7) is 1.92. The van der Waals surface area contributed by atoms with E-state index in [2.05, 4.69) is 34.7 Å². The fourth-order valence-corrected chi connectivity index (χ4v) is 3.46. The van der Waals surface area contributed by atoms with Crippen LogP contribution < -0.4 is 0 Å². The minimum absolute atomic E-state index is 0.213. The molecule has 1 aliphatic carbocycles. The minimum atomic E-state index is -0.597. The molecule has 0 unspecified atom stereocenters. The Kier molecular flexibility index (Phi) is 4.43. The summed E-state index contributed by atoms with van der Waals surface area (Å²) in [4.78, 5) is 12.2. The number of carbonyl (C=O) groups excluding carboxylic acids is 1. The van der Waals surface area contributed by atoms with Crippen LogP contribution in [0.4, 0.5) is 0 Å². The van der Waals surface area contributed by atoms with Crippen molar-refractivity contribution >= 4 is 28.4 Å². The largest absolute Gasteiger partial charge is 0.392 e. The van der Waals surface area contributed by atoms with Crippen LogP contribution in [0.25, 0.3) is 0 Å². The highest BCUT2D eigenvalue weighted by atomic mass is 127. The molecular weight excluding hydrogens is 339 g/mol. The molecular formula is C15H19IO2. The Morgan fingerprint density at radius 3 is 2.67 bits per heavy atom. The summed E-state index contributed by atoms with van der Waals surface area (Å²) < 4.78 is 0.939. The number of hydrogen-bond acceptors (Lipinski definition) is 2. The maximum Gasteiger partial charge on any atom is 0.141 e. The van der Waals surface area contributed by atoms with Gasteiger partial charge in [-0.2, -0.15) is 0 Å². The number of hydrogen-bond donors (Lipinski definition) is 1. The number of aliphatic hydroxyl groups excluding tert-OH is 1. The van der Waals surface area contributed by atoms with Gasteiger partial charge in [0.15, 0.2) is 0 Å². The molecule has 18 heavy (non-hydrogen) atoms. The van der Waals surface area contributed by atoms with E-state index in [1.807, 2.05) is 19.1 Å². The Balaban J connectivity index is 2.28. The molecule has 0 radical (unpaired) electrons. The van der Waals surface area contributed by atoms with Crippen LogP contribution >= 0.6 is 22.6 Å². The molecule has 2 atom stereocenters. The lowest BCUT2D eigenvalue weighted by Gasteiger charge is -2.37. The van der Waals surface area contributed by atoms with Gasteiger partial charge in [-0.05, 0) is 37.3 Å². The SMILES string of the molecule is C[C@@]1(Cc2ccccc2CI)C(=O)CCC[C@@H]1O. The van der Waals surface area contributed by atoms with Crippen molar-refractivity contribution in [2.24, 2.45) is 5.41 Å². The Morgan fingerprint density at radius 1 is 1.39 bits per heavy atom. The van der Waals surface area contributed by atoms with Gasteiger partial charge in [-0.15, -0.1) is 0 Å². The summed E-state index contributed by atoms with van der Waals surface area (Å²) in [6, 6.07) is 8.21. The van der Waals surface area contributed by atoms with Gasteiger partial charge in [0.2, 0.25) is 0 Å². The van der Waals surface area contributed by atoms with Crippen molar-refractivity contribution < 1.29 is 9.90 Å². The smallest absolute Gasteiger partial charge is 0.141 e. The maximum absolute atomic E-state index is 12.2. The van der Waals surface area contributed by atoms with Crippen molar-refractivity contribution in [2.45, 2.75) is 43.1 Å². The first kappa shape index (κ1) is 14.0. The Labute approximate surface area is 122 Å². The molecule has 1 aromatic carbocycles. The number of halogens is 1. The number of ketones is 1. The van der Waals surface area contributed by atoms with Crippen LogP contribution in [-0.4, -0.2) is 17.0 Å². The molecule has 1 aromatic rings. The summed E-state index contributed by atoms with van der Waals surface area (Å²) in [6.07, 6.45) is 2.34. The van der Waals surface area contributed by atoms with Crippen LogP contribution in [-0.2, 0) is 15.6 Å². The number of carbonyl (C=O) groups is 1. The van der Waals surface area contributed by atoms with Gasteiger partial charge in [-0.25, -0.2) is 0 Å². The molecule has 0 aliphatic heterocycles. The second kappa shape index (κ2) is 5.70. The molecule has 0 spiro atoms. The van der Waals surface area contributed by atoms with E-state index in [9.17, 15) is 9.90 Å². The molecule has 0 aromatic heterocycles. The fraction of sp³-hybridized carbons (Fsp3) is 0.533. The number of alkyl halides is 1. The minimum Gasteiger partial charge on any atom is -0.392 e. The summed E-state index contributed by atoms with van der Waals surface area (Å²) >= 11 is 2.34. The van der Waals surface area contributed by atoms with Crippen molar-refractivity contribution in [3.05, 3.63) is 35.4 Å². The van der Waals surface area contributed by atoms with E-state index in [0.29, 0.717) is 12.8 Å². The second-order valence-electron chi connectivity index (χ2n) is 5.33. The molecule has 0 amide bonds. The van der Waals surface area contributed by atoms with E-state index in [4.69, 9.17) is 0 Å². The molecule has 1 aliphatic rings. The average molecular weight is 358 g/mol. The maximum atomic E-state index is 12.2. The molecule has 3 heteroatoms. The van der Waals surface area contributed by atoms with Gasteiger partial charge in [-0.3, -0.25) is 4.79 Å². The topological polar surface area (TPSA) is 37.3 Å². The predicted octanol–water partition coefficient (Wildman–Crippen LogP) is 3.28. The van der Waals surface area contributed by atoms with Crippen molar-refractivity contribution in [2.75, 3.05) is 0 Å². The Bertz CT molecular complexity index is 444. The molecule has 1 N–H and O–H groups in total. The van der Waals surface area contributed by atoms with Crippen LogP contribution in [0, 0.1) is 5.41 Å². The molecule has 2 nitrogen and oxygen atoms in total. The molecule has 98 valence electrons. The molecule has 0 bridgehead atoms. The number of Topliss-reactive ketones (excluding diaryl/α,β-unsaturated/α-hetero) is 1. The Morgan fingerprint density at radius 2 is 2.06 bits per heavy atom. The first-order valence-electron chi connectivity index (χ1n) is 6.42. The average Bonchev–Trinajstić information content (AvgIpc) is 2.37. The Hall–Kier alpha value is -0.420. The zero-order valence-electron chi connectivity index (χ0n) is 10.7. The van der Waals surface area contributed by atoms with Gasteiger partial charge >= 0.3 is 0 Å². The van der Waals surface area contributed by atoms with Gasteiger partial charge in [0, 0.05) is 10.8 Å². The van der Waals surface area contributed by atoms with Crippen LogP contribution in [0.5, 0.6) is 0 Å². The number of aliphatic hydroxyl groups is 1. The van der Waals surface area contributed by atoms with Crippen molar-refractivity contribution in [3.63, 3.8) is 0 Å². The lowest BCUT2D eigenvalue weighted by atomic mass is 9.68. The van der Waals surface area contributed by atoms with Crippen LogP contribution in [0.15, 0.2) is 24.3 Å². The highest BCUT2D eigenvalue weighted by Crippen LogP contribution is 2.37. The van der Waals surface area contributed by atoms with E-state index in [1.54, 1.807) is 0 Å². The first-order valence-corrected chi connectivity index (χ1v) is 7.94. The van der Waals surface area contributed by atoms with Crippen molar-refractivity contribution in [1.29, 1.82) is 0 Å². The van der Waals surface area contributed by atoms with E-state index >= 15 is 0 Å². The van der Waals surface area contributed by atoms with Gasteiger partial charge in [-0.1, -0.05) is 46.9 Å². The highest BCUT2D eigenvalue weighted by molar-refractivity contribution is 14.1. The summed E-state index contributed by atoms with van der Waals surface area (Å²) in [7, 11) is 0. The second-order valence-corrected chi connectivity index (χ2v) is 6.09. The van der Waals surface area contributed by atoms with Crippen LogP contribution in [0.2, 0.25) is 0 Å². The van der Waals surface area contributed by atoms with Crippen molar-refractivity contribution in [3.8, 4) is 0 Å². The fourth-order valence-electron chi connectivity index (χ4n) is 2.72. The first-order chi connectivity index (χ1) is 8.58. The van der Waals surface area contributed by atoms with E-state index in [-0.39, 0.29) is 5.78 Å². The van der Waals surface area contributed by atoms with Crippen LogP contribution in [0.1, 0.15) is 37.3 Å². The van der Waals surface area contributed by atoms with Gasteiger partial charge < -0.3 is 5.11 Å². The number of benzene rings is 1. The molecule has 0 heterocycles. The zero-order chi connectivity index (χ0) is 13.2. The summed E-state index contributed by atoms with van der Waals surface area (Å²) in [5.74, 6) is 0.213. The molecule has 1 fully saturated rings.